The molecule has 0 aromatic carbocycles. The highest BCUT2D eigenvalue weighted by Gasteiger charge is 2.37. The first-order valence-corrected chi connectivity index (χ1v) is 10.0. The summed E-state index contributed by atoms with van der Waals surface area (Å²) in [6, 6.07) is 0.893. The number of hydrogen-bond acceptors (Lipinski definition) is 1. The highest BCUT2D eigenvalue weighted by atomic mass is 14.9. The van der Waals surface area contributed by atoms with Crippen molar-refractivity contribution in [3.05, 3.63) is 0 Å². The van der Waals surface area contributed by atoms with Gasteiger partial charge in [0.2, 0.25) is 0 Å². The second-order valence-corrected chi connectivity index (χ2v) is 8.39. The average Bonchev–Trinajstić information content (AvgIpc) is 3.37. The molecule has 5 atom stereocenters. The molecule has 0 bridgehead atoms. The highest BCUT2D eigenvalue weighted by Crippen LogP contribution is 2.46. The Hall–Kier alpha value is -0.0400. The van der Waals surface area contributed by atoms with Crippen LogP contribution in [0.5, 0.6) is 0 Å². The van der Waals surface area contributed by atoms with Gasteiger partial charge in [-0.05, 0) is 68.2 Å². The highest BCUT2D eigenvalue weighted by molar-refractivity contribution is 4.90. The van der Waals surface area contributed by atoms with Crippen LogP contribution in [0.2, 0.25) is 0 Å². The third-order valence-corrected chi connectivity index (χ3v) is 6.99. The quantitative estimate of drug-likeness (QED) is 0.691. The molecule has 0 spiro atoms. The van der Waals surface area contributed by atoms with E-state index in [1.807, 2.05) is 0 Å². The minimum Gasteiger partial charge on any atom is -0.314 e. The first-order valence-electron chi connectivity index (χ1n) is 10.0. The van der Waals surface area contributed by atoms with E-state index < -0.39 is 0 Å². The van der Waals surface area contributed by atoms with Crippen LogP contribution in [0.25, 0.3) is 0 Å². The molecule has 1 nitrogen and oxygen atoms in total. The van der Waals surface area contributed by atoms with Crippen molar-refractivity contribution in [1.82, 2.24) is 5.32 Å². The van der Waals surface area contributed by atoms with Gasteiger partial charge in [-0.25, -0.2) is 0 Å². The molecule has 0 amide bonds. The maximum absolute atomic E-state index is 3.85. The van der Waals surface area contributed by atoms with Crippen molar-refractivity contribution in [2.45, 2.75) is 90.5 Å². The van der Waals surface area contributed by atoms with Gasteiger partial charge in [0.15, 0.2) is 0 Å². The minimum absolute atomic E-state index is 0.893. The topological polar surface area (TPSA) is 12.0 Å². The molecule has 3 aliphatic carbocycles. The summed E-state index contributed by atoms with van der Waals surface area (Å²) in [5.41, 5.74) is 0. The van der Waals surface area contributed by atoms with E-state index in [2.05, 4.69) is 19.2 Å². The molecule has 0 aromatic rings. The molecule has 0 aromatic heterocycles. The molecule has 3 fully saturated rings. The fourth-order valence-electron chi connectivity index (χ4n) is 5.26. The lowest BCUT2D eigenvalue weighted by Crippen LogP contribution is -2.39. The van der Waals surface area contributed by atoms with Crippen LogP contribution in [-0.2, 0) is 0 Å². The Labute approximate surface area is 132 Å². The van der Waals surface area contributed by atoms with Gasteiger partial charge < -0.3 is 5.32 Å². The van der Waals surface area contributed by atoms with Gasteiger partial charge >= 0.3 is 0 Å². The Morgan fingerprint density at radius 3 is 2.29 bits per heavy atom. The van der Waals surface area contributed by atoms with Crippen LogP contribution in [0.15, 0.2) is 0 Å². The smallest absolute Gasteiger partial charge is 0.00683 e. The molecule has 1 N–H and O–H groups in total. The summed E-state index contributed by atoms with van der Waals surface area (Å²) in [4.78, 5) is 0. The molecule has 0 radical (unpaired) electrons. The first kappa shape index (κ1) is 15.8. The molecular weight excluding hydrogens is 254 g/mol. The molecule has 3 rings (SSSR count). The second-order valence-electron chi connectivity index (χ2n) is 8.39. The molecule has 3 aliphatic rings. The molecule has 1 heteroatoms. The van der Waals surface area contributed by atoms with E-state index in [9.17, 15) is 0 Å². The predicted molar refractivity (Wildman–Crippen MR) is 91.4 cm³/mol. The van der Waals surface area contributed by atoms with Crippen molar-refractivity contribution >= 4 is 0 Å². The minimum atomic E-state index is 0.893. The summed E-state index contributed by atoms with van der Waals surface area (Å²) < 4.78 is 0. The standard InChI is InChI=1S/C20H37N/c1-3-15-6-5-7-17(12-15)20-13-16(4-2)8-9-18(20)14-21-19-10-11-19/h15-21H,3-14H2,1-2H3. The zero-order chi connectivity index (χ0) is 14.7. The Morgan fingerprint density at radius 2 is 1.57 bits per heavy atom. The zero-order valence-corrected chi connectivity index (χ0v) is 14.4. The monoisotopic (exact) mass is 291 g/mol. The van der Waals surface area contributed by atoms with E-state index in [1.165, 1.54) is 64.3 Å². The lowest BCUT2D eigenvalue weighted by Gasteiger charge is -2.43. The van der Waals surface area contributed by atoms with Crippen molar-refractivity contribution in [1.29, 1.82) is 0 Å². The molecule has 5 unspecified atom stereocenters. The number of rotatable bonds is 6. The summed E-state index contributed by atoms with van der Waals surface area (Å²) in [7, 11) is 0. The maximum Gasteiger partial charge on any atom is 0.00683 e. The largest absolute Gasteiger partial charge is 0.314 e. The summed E-state index contributed by atoms with van der Waals surface area (Å²) >= 11 is 0. The van der Waals surface area contributed by atoms with Gasteiger partial charge in [0.1, 0.15) is 0 Å². The van der Waals surface area contributed by atoms with E-state index in [0.29, 0.717) is 0 Å². The van der Waals surface area contributed by atoms with Crippen LogP contribution in [-0.4, -0.2) is 12.6 Å². The van der Waals surface area contributed by atoms with Gasteiger partial charge in [0, 0.05) is 6.04 Å². The lowest BCUT2D eigenvalue weighted by molar-refractivity contribution is 0.0771. The van der Waals surface area contributed by atoms with Gasteiger partial charge in [0.25, 0.3) is 0 Å². The van der Waals surface area contributed by atoms with Crippen molar-refractivity contribution in [2.75, 3.05) is 6.54 Å². The summed E-state index contributed by atoms with van der Waals surface area (Å²) in [6.45, 7) is 6.16. The third-order valence-electron chi connectivity index (χ3n) is 6.99. The Morgan fingerprint density at radius 1 is 0.810 bits per heavy atom. The van der Waals surface area contributed by atoms with Gasteiger partial charge in [-0.2, -0.15) is 0 Å². The van der Waals surface area contributed by atoms with Gasteiger partial charge in [-0.15, -0.1) is 0 Å². The molecule has 3 saturated carbocycles. The SMILES string of the molecule is CCC1CCCC(C2CC(CC)CCC2CNC2CC2)C1. The number of nitrogens with one attached hydrogen (secondary N) is 1. The first-order chi connectivity index (χ1) is 10.3. The van der Waals surface area contributed by atoms with Gasteiger partial charge in [-0.3, -0.25) is 0 Å². The van der Waals surface area contributed by atoms with Crippen molar-refractivity contribution < 1.29 is 0 Å². The summed E-state index contributed by atoms with van der Waals surface area (Å²) in [5, 5.41) is 3.85. The summed E-state index contributed by atoms with van der Waals surface area (Å²) in [5.74, 6) is 5.18. The summed E-state index contributed by atoms with van der Waals surface area (Å²) in [6.07, 6.45) is 16.4. The van der Waals surface area contributed by atoms with E-state index in [4.69, 9.17) is 0 Å². The normalized spacial score (nSPS) is 41.1. The van der Waals surface area contributed by atoms with E-state index in [-0.39, 0.29) is 0 Å². The third kappa shape index (κ3) is 4.24. The molecule has 122 valence electrons. The Bertz CT molecular complexity index is 309. The van der Waals surface area contributed by atoms with Crippen LogP contribution in [0.3, 0.4) is 0 Å². The molecule has 0 aliphatic heterocycles. The number of hydrogen-bond donors (Lipinski definition) is 1. The van der Waals surface area contributed by atoms with Crippen LogP contribution >= 0.6 is 0 Å². The van der Waals surface area contributed by atoms with Crippen molar-refractivity contribution in [2.24, 2.45) is 29.6 Å². The Kier molecular flexibility index (Phi) is 5.65. The average molecular weight is 292 g/mol. The zero-order valence-electron chi connectivity index (χ0n) is 14.4. The van der Waals surface area contributed by atoms with Gasteiger partial charge in [0.05, 0.1) is 0 Å². The van der Waals surface area contributed by atoms with Gasteiger partial charge in [-0.1, -0.05) is 52.4 Å². The van der Waals surface area contributed by atoms with E-state index >= 15 is 0 Å². The maximum atomic E-state index is 3.85. The van der Waals surface area contributed by atoms with Crippen molar-refractivity contribution in [3.63, 3.8) is 0 Å². The lowest BCUT2D eigenvalue weighted by atomic mass is 9.63. The molecular formula is C20H37N. The van der Waals surface area contributed by atoms with Crippen LogP contribution in [0.1, 0.15) is 84.5 Å². The molecule has 21 heavy (non-hydrogen) atoms. The Balaban J connectivity index is 1.60. The van der Waals surface area contributed by atoms with E-state index in [1.54, 1.807) is 12.8 Å². The van der Waals surface area contributed by atoms with Crippen LogP contribution in [0, 0.1) is 29.6 Å². The van der Waals surface area contributed by atoms with Crippen LogP contribution in [0.4, 0.5) is 0 Å². The van der Waals surface area contributed by atoms with Crippen LogP contribution < -0.4 is 5.32 Å². The van der Waals surface area contributed by atoms with E-state index in [0.717, 1.165) is 35.6 Å². The molecule has 0 saturated heterocycles. The second kappa shape index (κ2) is 7.49. The fourth-order valence-corrected chi connectivity index (χ4v) is 5.26. The van der Waals surface area contributed by atoms with Crippen molar-refractivity contribution in [3.8, 4) is 0 Å². The fraction of sp³-hybridized carbons (Fsp3) is 1.00. The predicted octanol–water partition coefficient (Wildman–Crippen LogP) is 5.40. The molecule has 0 heterocycles.